The summed E-state index contributed by atoms with van der Waals surface area (Å²) < 4.78 is 0. The van der Waals surface area contributed by atoms with Crippen LogP contribution in [0.2, 0.25) is 0 Å². The topological polar surface area (TPSA) is 60.1 Å². The first-order chi connectivity index (χ1) is 7.22. The molecular formula is C11H13N3O. The Hall–Kier alpha value is -1.60. The Labute approximate surface area is 88.8 Å². The van der Waals surface area contributed by atoms with Gasteiger partial charge >= 0.3 is 0 Å². The molecule has 0 bridgehead atoms. The van der Waals surface area contributed by atoms with Crippen molar-refractivity contribution in [3.63, 3.8) is 0 Å². The zero-order valence-corrected chi connectivity index (χ0v) is 8.64. The number of anilines is 1. The van der Waals surface area contributed by atoms with Gasteiger partial charge in [-0.15, -0.1) is 0 Å². The summed E-state index contributed by atoms with van der Waals surface area (Å²) in [6.07, 6.45) is 2.16. The molecule has 1 aliphatic heterocycles. The Bertz CT molecular complexity index is 411. The Morgan fingerprint density at radius 2 is 2.47 bits per heavy atom. The molecule has 2 rings (SSSR count). The molecule has 1 aromatic heterocycles. The number of nitrogens with zero attached hydrogens (tertiary/aromatic N) is 3. The van der Waals surface area contributed by atoms with Crippen LogP contribution < -0.4 is 4.90 Å². The Morgan fingerprint density at radius 3 is 3.07 bits per heavy atom. The van der Waals surface area contributed by atoms with Crippen LogP contribution in [0.4, 0.5) is 5.82 Å². The number of β-amino-alcohol motifs (C(OH)–C–C–N with tert-alkyl or cyclic N) is 1. The van der Waals surface area contributed by atoms with Crippen LogP contribution >= 0.6 is 0 Å². The van der Waals surface area contributed by atoms with Crippen molar-refractivity contribution in [1.82, 2.24) is 4.98 Å². The van der Waals surface area contributed by atoms with E-state index in [0.29, 0.717) is 17.9 Å². The summed E-state index contributed by atoms with van der Waals surface area (Å²) in [5.74, 6) is 0.703. The van der Waals surface area contributed by atoms with Crippen molar-refractivity contribution in [1.29, 1.82) is 5.26 Å². The third kappa shape index (κ3) is 1.79. The second kappa shape index (κ2) is 3.87. The van der Waals surface area contributed by atoms with E-state index in [-0.39, 0.29) is 6.10 Å². The van der Waals surface area contributed by atoms with Crippen LogP contribution in [0, 0.1) is 18.3 Å². The molecule has 0 radical (unpaired) electrons. The van der Waals surface area contributed by atoms with E-state index in [1.165, 1.54) is 0 Å². The Kier molecular flexibility index (Phi) is 2.57. The maximum Gasteiger partial charge on any atom is 0.146 e. The predicted molar refractivity (Wildman–Crippen MR) is 56.5 cm³/mol. The van der Waals surface area contributed by atoms with Crippen molar-refractivity contribution in [2.75, 3.05) is 18.0 Å². The number of aliphatic hydroxyl groups is 1. The molecular weight excluding hydrogens is 190 g/mol. The fourth-order valence-corrected chi connectivity index (χ4v) is 1.86. The van der Waals surface area contributed by atoms with Crippen LogP contribution in [0.15, 0.2) is 12.3 Å². The summed E-state index contributed by atoms with van der Waals surface area (Å²) in [4.78, 5) is 6.19. The largest absolute Gasteiger partial charge is 0.391 e. The predicted octanol–water partition coefficient (Wildman–Crippen LogP) is 0.833. The molecule has 1 atom stereocenters. The van der Waals surface area contributed by atoms with Crippen LogP contribution in [0.1, 0.15) is 17.5 Å². The molecule has 78 valence electrons. The SMILES string of the molecule is Cc1ccnc(N2CC[C@@H](O)C2)c1C#N. The van der Waals surface area contributed by atoms with Gasteiger partial charge in [0.05, 0.1) is 11.7 Å². The molecule has 0 unspecified atom stereocenters. The van der Waals surface area contributed by atoms with Crippen LogP contribution in [0.5, 0.6) is 0 Å². The van der Waals surface area contributed by atoms with Crippen LogP contribution in [0.3, 0.4) is 0 Å². The Morgan fingerprint density at radius 1 is 1.67 bits per heavy atom. The molecule has 1 aromatic rings. The van der Waals surface area contributed by atoms with E-state index in [1.54, 1.807) is 6.20 Å². The number of pyridine rings is 1. The molecule has 0 amide bonds. The molecule has 0 aromatic carbocycles. The number of hydrogen-bond donors (Lipinski definition) is 1. The average molecular weight is 203 g/mol. The highest BCUT2D eigenvalue weighted by atomic mass is 16.3. The summed E-state index contributed by atoms with van der Waals surface area (Å²) in [6.45, 7) is 3.24. The van der Waals surface area contributed by atoms with Crippen molar-refractivity contribution in [2.45, 2.75) is 19.4 Å². The van der Waals surface area contributed by atoms with Gasteiger partial charge in [-0.25, -0.2) is 4.98 Å². The molecule has 1 saturated heterocycles. The van der Waals surface area contributed by atoms with Gasteiger partial charge in [-0.05, 0) is 25.0 Å². The zero-order chi connectivity index (χ0) is 10.8. The summed E-state index contributed by atoms with van der Waals surface area (Å²) >= 11 is 0. The van der Waals surface area contributed by atoms with Gasteiger partial charge < -0.3 is 10.0 Å². The number of aliphatic hydroxyl groups excluding tert-OH is 1. The smallest absolute Gasteiger partial charge is 0.146 e. The van der Waals surface area contributed by atoms with Crippen molar-refractivity contribution in [2.24, 2.45) is 0 Å². The van der Waals surface area contributed by atoms with Gasteiger partial charge in [-0.2, -0.15) is 5.26 Å². The number of aromatic nitrogens is 1. The lowest BCUT2D eigenvalue weighted by Crippen LogP contribution is -2.23. The van der Waals surface area contributed by atoms with E-state index in [4.69, 9.17) is 5.26 Å². The third-order valence-electron chi connectivity index (χ3n) is 2.71. The van der Waals surface area contributed by atoms with Gasteiger partial charge in [0.15, 0.2) is 0 Å². The fourth-order valence-electron chi connectivity index (χ4n) is 1.86. The van der Waals surface area contributed by atoms with Crippen LogP contribution in [-0.4, -0.2) is 29.3 Å². The summed E-state index contributed by atoms with van der Waals surface area (Å²) in [7, 11) is 0. The first-order valence-electron chi connectivity index (χ1n) is 5.01. The van der Waals surface area contributed by atoms with Gasteiger partial charge in [0, 0.05) is 19.3 Å². The quantitative estimate of drug-likeness (QED) is 0.734. The van der Waals surface area contributed by atoms with E-state index < -0.39 is 0 Å². The minimum atomic E-state index is -0.293. The van der Waals surface area contributed by atoms with E-state index in [9.17, 15) is 5.11 Å². The maximum absolute atomic E-state index is 9.44. The number of hydrogen-bond acceptors (Lipinski definition) is 4. The van der Waals surface area contributed by atoms with Crippen LogP contribution in [-0.2, 0) is 0 Å². The molecule has 0 saturated carbocycles. The highest BCUT2D eigenvalue weighted by molar-refractivity contribution is 5.57. The van der Waals surface area contributed by atoms with Crippen molar-refractivity contribution in [3.05, 3.63) is 23.4 Å². The fraction of sp³-hybridized carbons (Fsp3) is 0.455. The van der Waals surface area contributed by atoms with Crippen molar-refractivity contribution >= 4 is 5.82 Å². The number of rotatable bonds is 1. The van der Waals surface area contributed by atoms with Gasteiger partial charge in [0.25, 0.3) is 0 Å². The lowest BCUT2D eigenvalue weighted by molar-refractivity contribution is 0.198. The van der Waals surface area contributed by atoms with E-state index in [0.717, 1.165) is 18.5 Å². The molecule has 1 aliphatic rings. The van der Waals surface area contributed by atoms with Gasteiger partial charge in [0.1, 0.15) is 11.9 Å². The van der Waals surface area contributed by atoms with E-state index in [2.05, 4.69) is 11.1 Å². The second-order valence-corrected chi connectivity index (χ2v) is 3.83. The summed E-state index contributed by atoms with van der Waals surface area (Å²) in [6, 6.07) is 4.00. The lowest BCUT2D eigenvalue weighted by Gasteiger charge is -2.18. The minimum absolute atomic E-state index is 0.293. The molecule has 4 heteroatoms. The van der Waals surface area contributed by atoms with E-state index >= 15 is 0 Å². The van der Waals surface area contributed by atoms with Crippen molar-refractivity contribution < 1.29 is 5.11 Å². The highest BCUT2D eigenvalue weighted by Gasteiger charge is 2.23. The molecule has 0 aliphatic carbocycles. The highest BCUT2D eigenvalue weighted by Crippen LogP contribution is 2.23. The second-order valence-electron chi connectivity index (χ2n) is 3.83. The minimum Gasteiger partial charge on any atom is -0.391 e. The number of nitriles is 1. The maximum atomic E-state index is 9.44. The summed E-state index contributed by atoms with van der Waals surface area (Å²) in [5, 5.41) is 18.5. The molecule has 4 nitrogen and oxygen atoms in total. The standard InChI is InChI=1S/C11H13N3O/c1-8-2-4-13-11(10(8)6-12)14-5-3-9(15)7-14/h2,4,9,15H,3,5,7H2,1H3/t9-/m1/s1. The molecule has 1 N–H and O–H groups in total. The first kappa shape index (κ1) is 9.94. The number of aryl methyl sites for hydroxylation is 1. The average Bonchev–Trinajstić information content (AvgIpc) is 2.64. The molecule has 0 spiro atoms. The van der Waals surface area contributed by atoms with E-state index in [1.807, 2.05) is 17.9 Å². The Balaban J connectivity index is 2.36. The molecule has 1 fully saturated rings. The van der Waals surface area contributed by atoms with Gasteiger partial charge in [-0.3, -0.25) is 0 Å². The molecule has 15 heavy (non-hydrogen) atoms. The normalized spacial score (nSPS) is 20.3. The van der Waals surface area contributed by atoms with Gasteiger partial charge in [0.2, 0.25) is 0 Å². The third-order valence-corrected chi connectivity index (χ3v) is 2.71. The zero-order valence-electron chi connectivity index (χ0n) is 8.64. The monoisotopic (exact) mass is 203 g/mol. The lowest BCUT2D eigenvalue weighted by atomic mass is 10.1. The summed E-state index contributed by atoms with van der Waals surface area (Å²) in [5.41, 5.74) is 1.55. The van der Waals surface area contributed by atoms with Crippen LogP contribution in [0.25, 0.3) is 0 Å². The van der Waals surface area contributed by atoms with Gasteiger partial charge in [-0.1, -0.05) is 0 Å². The van der Waals surface area contributed by atoms with Crippen molar-refractivity contribution in [3.8, 4) is 6.07 Å². The first-order valence-corrected chi connectivity index (χ1v) is 5.01. The molecule has 2 heterocycles.